The van der Waals surface area contributed by atoms with Gasteiger partial charge in [-0.25, -0.2) is 9.59 Å². The maximum absolute atomic E-state index is 13.4. The number of hydrogen-bond acceptors (Lipinski definition) is 18. The predicted molar refractivity (Wildman–Crippen MR) is 290 cm³/mol. The second-order valence-electron chi connectivity index (χ2n) is 16.5. The molecule has 0 saturated heterocycles. The lowest BCUT2D eigenvalue weighted by Gasteiger charge is -2.27. The Bertz CT molecular complexity index is 2780. The molecular formula is C48H61ClN10O20S2. The Balaban J connectivity index is 0.0000172. The topological polar surface area (TPSA) is 461 Å². The zero-order chi connectivity index (χ0) is 58.8. The second kappa shape index (κ2) is 33.6. The summed E-state index contributed by atoms with van der Waals surface area (Å²) in [6.45, 7) is -2.81. The number of benzene rings is 4. The number of nitrogens with two attached hydrogens (primary N) is 2. The van der Waals surface area contributed by atoms with Crippen LogP contribution in [0.25, 0.3) is 0 Å². The maximum Gasteiger partial charge on any atom is 0.343 e. The van der Waals surface area contributed by atoms with Crippen molar-refractivity contribution in [2.75, 3.05) is 76.6 Å². The lowest BCUT2D eigenvalue weighted by atomic mass is 10.2. The number of nitrogens with one attached hydrogen (secondary N) is 6. The molecule has 0 saturated carbocycles. The van der Waals surface area contributed by atoms with Crippen molar-refractivity contribution < 1.29 is 94.5 Å². The first-order valence-electron chi connectivity index (χ1n) is 23.7. The fourth-order valence-corrected chi connectivity index (χ4v) is 9.46. The van der Waals surface area contributed by atoms with E-state index in [1.807, 2.05) is 0 Å². The third-order valence-corrected chi connectivity index (χ3v) is 13.8. The molecular weight excluding hydrogens is 1140 g/mol. The van der Waals surface area contributed by atoms with Crippen molar-refractivity contribution in [2.45, 2.75) is 38.0 Å². The minimum Gasteiger partial charge on any atom is -0.481 e. The van der Waals surface area contributed by atoms with Crippen molar-refractivity contribution in [3.8, 4) is 11.5 Å². The Morgan fingerprint density at radius 3 is 1.05 bits per heavy atom. The van der Waals surface area contributed by atoms with E-state index in [2.05, 4.69) is 20.1 Å². The largest absolute Gasteiger partial charge is 0.481 e. The molecule has 0 aliphatic rings. The summed E-state index contributed by atoms with van der Waals surface area (Å²) in [6.07, 6.45) is -2.14. The number of halogens is 1. The standard InChI is InChI=1S/C48H60N10O20S2.ClH/c49-47(50)55-35-9-5-33(6-10-35)45(67)77-37-13-1-31(2-14-37)29-53-79(69,70)57(39(43(63)64)27-41(59)60)17-19-73-21-23-75-25-26-76-24-22-74-20-18-58(40(44(65)66)28-42(61)62)80(71,72)54-30-32-3-15-38(16-4-32)78-46(68)34-7-11-36(12-8-34)56-48(51)52;/h1-16,39-40,53-54H,17-30H2,(H,59,60)(H,61,62)(H,63,64)(H,65,66)(H4,49,50,55)(H4,51,52,56);1H. The second-order valence-corrected chi connectivity index (χ2v) is 19.9. The summed E-state index contributed by atoms with van der Waals surface area (Å²) in [4.78, 5) is 72.4. The summed E-state index contributed by atoms with van der Waals surface area (Å²) < 4.78 is 91.5. The first kappa shape index (κ1) is 67.4. The molecule has 0 radical (unpaired) electrons. The lowest BCUT2D eigenvalue weighted by molar-refractivity contribution is -0.148. The van der Waals surface area contributed by atoms with Crippen molar-refractivity contribution in [1.29, 1.82) is 10.8 Å². The van der Waals surface area contributed by atoms with Gasteiger partial charge in [0.15, 0.2) is 11.9 Å². The number of carbonyl (C=O) groups excluding carboxylic acids is 2. The molecule has 0 aliphatic carbocycles. The Labute approximate surface area is 470 Å². The number of esters is 2. The Morgan fingerprint density at radius 2 is 0.778 bits per heavy atom. The van der Waals surface area contributed by atoms with E-state index in [1.54, 1.807) is 0 Å². The van der Waals surface area contributed by atoms with Crippen LogP contribution in [0.1, 0.15) is 44.7 Å². The van der Waals surface area contributed by atoms with Gasteiger partial charge in [-0.15, -0.1) is 12.4 Å². The van der Waals surface area contributed by atoms with Crippen LogP contribution in [0.15, 0.2) is 97.1 Å². The van der Waals surface area contributed by atoms with Crippen LogP contribution >= 0.6 is 12.4 Å². The van der Waals surface area contributed by atoms with E-state index in [1.165, 1.54) is 97.1 Å². The summed E-state index contributed by atoms with van der Waals surface area (Å²) in [5.41, 5.74) is 12.7. The molecule has 4 aromatic carbocycles. The number of hydrogen-bond donors (Lipinski definition) is 12. The first-order valence-corrected chi connectivity index (χ1v) is 26.6. The van der Waals surface area contributed by atoms with Crippen LogP contribution < -0.4 is 41.0 Å². The zero-order valence-corrected chi connectivity index (χ0v) is 45.3. The Hall–Kier alpha value is -7.89. The fraction of sp³-hybridized carbons (Fsp3) is 0.333. The molecule has 81 heavy (non-hydrogen) atoms. The molecule has 2 unspecified atom stereocenters. The summed E-state index contributed by atoms with van der Waals surface area (Å²) in [5.74, 6) is -8.34. The summed E-state index contributed by atoms with van der Waals surface area (Å²) in [6, 6.07) is 19.2. The number of rotatable bonds is 37. The van der Waals surface area contributed by atoms with Gasteiger partial charge in [0.1, 0.15) is 23.6 Å². The van der Waals surface area contributed by atoms with E-state index in [-0.39, 0.29) is 113 Å². The van der Waals surface area contributed by atoms with E-state index in [0.29, 0.717) is 31.1 Å². The van der Waals surface area contributed by atoms with Crippen LogP contribution in [0.4, 0.5) is 11.4 Å². The SMILES string of the molecule is Cl.N=C(N)Nc1ccc(C(=O)Oc2ccc(CNS(=O)(=O)N(CCOCCOCCOCCOCCN(C(CC(=O)O)C(=O)O)S(=O)(=O)NCc3ccc(OC(=O)c4ccc(NC(=N)N)cc4)cc3)C(CC(=O)O)C(=O)O)cc2)cc1. The molecule has 0 aliphatic heterocycles. The van der Waals surface area contributed by atoms with Crippen molar-refractivity contribution >= 4 is 91.9 Å². The molecule has 0 amide bonds. The average Bonchev–Trinajstić information content (AvgIpc) is 3.41. The molecule has 33 heteroatoms. The van der Waals surface area contributed by atoms with Crippen molar-refractivity contribution in [3.05, 3.63) is 119 Å². The van der Waals surface area contributed by atoms with Gasteiger partial charge in [-0.1, -0.05) is 24.3 Å². The molecule has 30 nitrogen and oxygen atoms in total. The third kappa shape index (κ3) is 24.2. The highest BCUT2D eigenvalue weighted by Crippen LogP contribution is 2.20. The number of guanidine groups is 2. The minimum absolute atomic E-state index is 0. The molecule has 0 bridgehead atoms. The summed E-state index contributed by atoms with van der Waals surface area (Å²) in [5, 5.41) is 58.0. The molecule has 4 rings (SSSR count). The van der Waals surface area contributed by atoms with E-state index < -0.39 is 94.2 Å². The van der Waals surface area contributed by atoms with Crippen LogP contribution in [0.5, 0.6) is 11.5 Å². The van der Waals surface area contributed by atoms with Gasteiger partial charge in [-0.2, -0.15) is 34.9 Å². The Kier molecular flexibility index (Phi) is 28.0. The van der Waals surface area contributed by atoms with E-state index in [0.717, 1.165) is 0 Å². The quantitative estimate of drug-likeness (QED) is 0.00987. The minimum atomic E-state index is -4.65. The van der Waals surface area contributed by atoms with E-state index in [4.69, 9.17) is 50.7 Å². The van der Waals surface area contributed by atoms with Crippen LogP contribution in [0, 0.1) is 10.8 Å². The fourth-order valence-electron chi connectivity index (χ4n) is 6.80. The molecule has 0 heterocycles. The predicted octanol–water partition coefficient (Wildman–Crippen LogP) is 1.05. The molecule has 14 N–H and O–H groups in total. The van der Waals surface area contributed by atoms with Gasteiger partial charge in [-0.05, 0) is 83.9 Å². The summed E-state index contributed by atoms with van der Waals surface area (Å²) >= 11 is 0. The average molecular weight is 1200 g/mol. The number of carboxylic acids is 4. The van der Waals surface area contributed by atoms with Gasteiger partial charge in [0, 0.05) is 37.6 Å². The third-order valence-electron chi connectivity index (χ3n) is 10.6. The van der Waals surface area contributed by atoms with Crippen LogP contribution in [0.3, 0.4) is 0 Å². The first-order chi connectivity index (χ1) is 37.9. The smallest absolute Gasteiger partial charge is 0.343 e. The van der Waals surface area contributed by atoms with Crippen molar-refractivity contribution in [1.82, 2.24) is 18.1 Å². The normalized spacial score (nSPS) is 12.1. The zero-order valence-electron chi connectivity index (χ0n) is 42.9. The number of anilines is 2. The monoisotopic (exact) mass is 1200 g/mol. The van der Waals surface area contributed by atoms with Crippen LogP contribution in [0.2, 0.25) is 0 Å². The highest BCUT2D eigenvalue weighted by Gasteiger charge is 2.37. The Morgan fingerprint density at radius 1 is 0.481 bits per heavy atom. The molecule has 0 spiro atoms. The van der Waals surface area contributed by atoms with Gasteiger partial charge in [0.05, 0.1) is 76.8 Å². The van der Waals surface area contributed by atoms with Gasteiger partial charge in [0.25, 0.3) is 20.4 Å². The molecule has 0 aromatic heterocycles. The van der Waals surface area contributed by atoms with Gasteiger partial charge in [-0.3, -0.25) is 30.0 Å². The maximum atomic E-state index is 13.4. The molecule has 0 fully saturated rings. The highest BCUT2D eigenvalue weighted by atomic mass is 35.5. The lowest BCUT2D eigenvalue weighted by Crippen LogP contribution is -2.51. The number of ether oxygens (including phenoxy) is 6. The number of carboxylic acid groups (broad SMARTS) is 4. The highest BCUT2D eigenvalue weighted by molar-refractivity contribution is 7.87. The van der Waals surface area contributed by atoms with Gasteiger partial charge < -0.3 is 70.9 Å². The van der Waals surface area contributed by atoms with Crippen molar-refractivity contribution in [3.63, 3.8) is 0 Å². The molecule has 442 valence electrons. The van der Waals surface area contributed by atoms with E-state index >= 15 is 0 Å². The van der Waals surface area contributed by atoms with Crippen LogP contribution in [-0.2, 0) is 71.6 Å². The van der Waals surface area contributed by atoms with Crippen molar-refractivity contribution in [2.24, 2.45) is 11.5 Å². The molecule has 2 atom stereocenters. The number of carbonyl (C=O) groups is 6. The van der Waals surface area contributed by atoms with Crippen LogP contribution in [-0.4, -0.2) is 172 Å². The van der Waals surface area contributed by atoms with Gasteiger partial charge >= 0.3 is 35.8 Å². The number of aliphatic carboxylic acids is 4. The summed E-state index contributed by atoms with van der Waals surface area (Å²) in [7, 11) is -9.31. The molecule has 4 aromatic rings. The van der Waals surface area contributed by atoms with E-state index in [9.17, 15) is 66.0 Å². The van der Waals surface area contributed by atoms with Gasteiger partial charge in [0.2, 0.25) is 0 Å². The number of nitrogens with zero attached hydrogens (tertiary/aromatic N) is 2.